The Labute approximate surface area is 157 Å². The van der Waals surface area contributed by atoms with E-state index >= 15 is 0 Å². The van der Waals surface area contributed by atoms with Gasteiger partial charge in [-0.1, -0.05) is 12.1 Å². The molecule has 27 heavy (non-hydrogen) atoms. The predicted molar refractivity (Wildman–Crippen MR) is 106 cm³/mol. The van der Waals surface area contributed by atoms with Crippen LogP contribution in [0.15, 0.2) is 61.1 Å². The number of nitrogens with one attached hydrogen (secondary N) is 1. The number of aromatic amines is 1. The van der Waals surface area contributed by atoms with Gasteiger partial charge in [0.15, 0.2) is 0 Å². The highest BCUT2D eigenvalue weighted by Crippen LogP contribution is 2.33. The van der Waals surface area contributed by atoms with Crippen molar-refractivity contribution in [2.45, 2.75) is 18.8 Å². The topological polar surface area (TPSA) is 61.9 Å². The third kappa shape index (κ3) is 2.85. The molecule has 0 radical (unpaired) electrons. The summed E-state index contributed by atoms with van der Waals surface area (Å²) in [6.45, 7) is 1.55. The van der Waals surface area contributed by atoms with Gasteiger partial charge < -0.3 is 9.88 Å². The summed E-state index contributed by atoms with van der Waals surface area (Å²) in [5.74, 6) is 0.562. The number of nitrogens with zero attached hydrogens (tertiary/aromatic N) is 3. The fraction of sp³-hybridized carbons (Fsp3) is 0.227. The van der Waals surface area contributed by atoms with Crippen molar-refractivity contribution in [1.82, 2.24) is 19.9 Å². The van der Waals surface area contributed by atoms with Gasteiger partial charge in [0.05, 0.1) is 5.52 Å². The van der Waals surface area contributed by atoms with E-state index in [1.165, 1.54) is 10.9 Å². The molecule has 1 saturated heterocycles. The molecule has 1 aromatic carbocycles. The molecule has 0 saturated carbocycles. The Kier molecular flexibility index (Phi) is 3.85. The van der Waals surface area contributed by atoms with Gasteiger partial charge in [-0.2, -0.15) is 0 Å². The van der Waals surface area contributed by atoms with E-state index in [0.717, 1.165) is 48.0 Å². The number of hydrogen-bond acceptors (Lipinski definition) is 3. The molecule has 0 aliphatic carbocycles. The molecule has 5 heteroatoms. The summed E-state index contributed by atoms with van der Waals surface area (Å²) in [6, 6.07) is 13.8. The zero-order chi connectivity index (χ0) is 18.2. The number of H-pyrrole nitrogens is 1. The number of amides is 1. The number of hydrogen-bond donors (Lipinski definition) is 1. The van der Waals surface area contributed by atoms with Crippen molar-refractivity contribution < 1.29 is 4.79 Å². The molecule has 0 unspecified atom stereocenters. The standard InChI is InChI=1S/C22H20N4O/c27-22(17-6-5-16-3-1-9-23-20(16)13-17)26-11-7-15(8-12-26)19-14-25-21-18(19)4-2-10-24-21/h1-6,9-10,13-15H,7-8,11-12H2,(H,24,25). The zero-order valence-corrected chi connectivity index (χ0v) is 14.9. The minimum absolute atomic E-state index is 0.0987. The van der Waals surface area contributed by atoms with E-state index < -0.39 is 0 Å². The van der Waals surface area contributed by atoms with E-state index in [1.807, 2.05) is 47.5 Å². The Balaban J connectivity index is 1.32. The first-order valence-electron chi connectivity index (χ1n) is 9.36. The van der Waals surface area contributed by atoms with Crippen LogP contribution in [0.3, 0.4) is 0 Å². The van der Waals surface area contributed by atoms with Crippen molar-refractivity contribution in [3.05, 3.63) is 72.2 Å². The second-order valence-corrected chi connectivity index (χ2v) is 7.12. The number of carbonyl (C=O) groups is 1. The maximum Gasteiger partial charge on any atom is 0.253 e. The molecule has 134 valence electrons. The second-order valence-electron chi connectivity index (χ2n) is 7.12. The first kappa shape index (κ1) is 16.0. The third-order valence-corrected chi connectivity index (χ3v) is 5.56. The van der Waals surface area contributed by atoms with Crippen LogP contribution in [0, 0.1) is 0 Å². The molecule has 5 nitrogen and oxygen atoms in total. The van der Waals surface area contributed by atoms with E-state index in [-0.39, 0.29) is 5.91 Å². The molecule has 1 aliphatic heterocycles. The first-order valence-corrected chi connectivity index (χ1v) is 9.36. The Hall–Kier alpha value is -3.21. The van der Waals surface area contributed by atoms with E-state index in [1.54, 1.807) is 6.20 Å². The van der Waals surface area contributed by atoms with E-state index in [9.17, 15) is 4.79 Å². The number of likely N-dealkylation sites (tertiary alicyclic amines) is 1. The number of piperidine rings is 1. The van der Waals surface area contributed by atoms with E-state index in [4.69, 9.17) is 0 Å². The number of benzene rings is 1. The normalized spacial score (nSPS) is 15.5. The third-order valence-electron chi connectivity index (χ3n) is 5.56. The Morgan fingerprint density at radius 3 is 2.74 bits per heavy atom. The maximum atomic E-state index is 12.9. The number of carbonyl (C=O) groups excluding carboxylic acids is 1. The van der Waals surface area contributed by atoms with Gasteiger partial charge in [0.1, 0.15) is 5.65 Å². The largest absolute Gasteiger partial charge is 0.346 e. The van der Waals surface area contributed by atoms with E-state index in [2.05, 4.69) is 27.2 Å². The van der Waals surface area contributed by atoms with Gasteiger partial charge in [0.2, 0.25) is 0 Å². The Morgan fingerprint density at radius 1 is 1.04 bits per heavy atom. The molecule has 0 spiro atoms. The summed E-state index contributed by atoms with van der Waals surface area (Å²) in [6.07, 6.45) is 7.59. The molecular formula is C22H20N4O. The summed E-state index contributed by atoms with van der Waals surface area (Å²) in [7, 11) is 0. The monoisotopic (exact) mass is 356 g/mol. The molecule has 1 amide bonds. The SMILES string of the molecule is O=C(c1ccc2cccnc2c1)N1CCC(c2c[nH]c3ncccc23)CC1. The lowest BCUT2D eigenvalue weighted by Crippen LogP contribution is -2.37. The van der Waals surface area contributed by atoms with Crippen LogP contribution < -0.4 is 0 Å². The summed E-state index contributed by atoms with van der Waals surface area (Å²) in [5, 5.41) is 2.25. The van der Waals surface area contributed by atoms with Crippen molar-refractivity contribution in [2.75, 3.05) is 13.1 Å². The van der Waals surface area contributed by atoms with E-state index in [0.29, 0.717) is 5.92 Å². The van der Waals surface area contributed by atoms with Crippen LogP contribution in [0.4, 0.5) is 0 Å². The number of rotatable bonds is 2. The second kappa shape index (κ2) is 6.50. The fourth-order valence-corrected chi connectivity index (χ4v) is 4.09. The van der Waals surface area contributed by atoms with Gasteiger partial charge in [-0.05, 0) is 54.7 Å². The average molecular weight is 356 g/mol. The van der Waals surface area contributed by atoms with Gasteiger partial charge in [0, 0.05) is 48.0 Å². The number of fused-ring (bicyclic) bond motifs is 2. The lowest BCUT2D eigenvalue weighted by Gasteiger charge is -2.32. The van der Waals surface area contributed by atoms with Crippen molar-refractivity contribution in [3.8, 4) is 0 Å². The molecule has 0 atom stereocenters. The van der Waals surface area contributed by atoms with Crippen molar-refractivity contribution >= 4 is 27.8 Å². The lowest BCUT2D eigenvalue weighted by molar-refractivity contribution is 0.0713. The number of aromatic nitrogens is 3. The molecule has 1 aliphatic rings. The van der Waals surface area contributed by atoms with Gasteiger partial charge in [-0.15, -0.1) is 0 Å². The van der Waals surface area contributed by atoms with Gasteiger partial charge in [-0.25, -0.2) is 4.98 Å². The van der Waals surface area contributed by atoms with Crippen molar-refractivity contribution in [1.29, 1.82) is 0 Å². The highest BCUT2D eigenvalue weighted by molar-refractivity contribution is 5.97. The maximum absolute atomic E-state index is 12.9. The van der Waals surface area contributed by atoms with Crippen LogP contribution in [-0.4, -0.2) is 38.8 Å². The van der Waals surface area contributed by atoms with Crippen LogP contribution in [-0.2, 0) is 0 Å². The van der Waals surface area contributed by atoms with Crippen LogP contribution in [0.5, 0.6) is 0 Å². The van der Waals surface area contributed by atoms with Crippen LogP contribution in [0.1, 0.15) is 34.7 Å². The van der Waals surface area contributed by atoms with Gasteiger partial charge in [-0.3, -0.25) is 9.78 Å². The molecule has 1 N–H and O–H groups in total. The molecule has 1 fully saturated rings. The Bertz CT molecular complexity index is 1130. The minimum atomic E-state index is 0.0987. The summed E-state index contributed by atoms with van der Waals surface area (Å²) in [5.41, 5.74) is 3.84. The van der Waals surface area contributed by atoms with Crippen molar-refractivity contribution in [3.63, 3.8) is 0 Å². The highest BCUT2D eigenvalue weighted by Gasteiger charge is 2.26. The van der Waals surface area contributed by atoms with Crippen LogP contribution in [0.25, 0.3) is 21.9 Å². The molecule has 5 rings (SSSR count). The number of pyridine rings is 2. The molecule has 3 aromatic heterocycles. The van der Waals surface area contributed by atoms with Crippen molar-refractivity contribution in [2.24, 2.45) is 0 Å². The summed E-state index contributed by atoms with van der Waals surface area (Å²) in [4.78, 5) is 26.9. The smallest absolute Gasteiger partial charge is 0.253 e. The summed E-state index contributed by atoms with van der Waals surface area (Å²) >= 11 is 0. The fourth-order valence-electron chi connectivity index (χ4n) is 4.09. The molecule has 0 bridgehead atoms. The Morgan fingerprint density at radius 2 is 1.85 bits per heavy atom. The van der Waals surface area contributed by atoms with Gasteiger partial charge in [0.25, 0.3) is 5.91 Å². The average Bonchev–Trinajstić information content (AvgIpc) is 3.17. The molecule has 4 aromatic rings. The summed E-state index contributed by atoms with van der Waals surface area (Å²) < 4.78 is 0. The van der Waals surface area contributed by atoms with Gasteiger partial charge >= 0.3 is 0 Å². The minimum Gasteiger partial charge on any atom is -0.346 e. The predicted octanol–water partition coefficient (Wildman–Crippen LogP) is 4.13. The molecular weight excluding hydrogens is 336 g/mol. The molecule has 4 heterocycles. The van der Waals surface area contributed by atoms with Crippen LogP contribution >= 0.6 is 0 Å². The first-order chi connectivity index (χ1) is 13.3. The highest BCUT2D eigenvalue weighted by atomic mass is 16.2. The zero-order valence-electron chi connectivity index (χ0n) is 14.9. The quantitative estimate of drug-likeness (QED) is 0.587. The van der Waals surface area contributed by atoms with Crippen LogP contribution in [0.2, 0.25) is 0 Å². The lowest BCUT2D eigenvalue weighted by atomic mass is 9.89.